The third-order valence-corrected chi connectivity index (χ3v) is 3.51. The maximum atomic E-state index is 12.3. The van der Waals surface area contributed by atoms with Gasteiger partial charge in [-0.15, -0.1) is 0 Å². The average Bonchev–Trinajstić information content (AvgIpc) is 2.51. The van der Waals surface area contributed by atoms with Crippen LogP contribution in [0.15, 0.2) is 36.4 Å². The van der Waals surface area contributed by atoms with Gasteiger partial charge in [0.05, 0.1) is 13.5 Å². The number of phenolic OH excluding ortho intramolecular Hbond substituents is 2. The van der Waals surface area contributed by atoms with Gasteiger partial charge in [0.25, 0.3) is 0 Å². The van der Waals surface area contributed by atoms with Crippen LogP contribution in [0.2, 0.25) is 0 Å². The highest BCUT2D eigenvalue weighted by Gasteiger charge is 2.32. The Hall–Kier alpha value is -2.69. The monoisotopic (exact) mass is 286 g/mol. The van der Waals surface area contributed by atoms with Gasteiger partial charge in [-0.25, -0.2) is 0 Å². The summed E-state index contributed by atoms with van der Waals surface area (Å²) >= 11 is 0. The second kappa shape index (κ2) is 5.01. The van der Waals surface area contributed by atoms with Crippen LogP contribution in [0.3, 0.4) is 0 Å². The molecule has 1 aliphatic rings. The minimum atomic E-state index is -0.499. The third kappa shape index (κ3) is 2.16. The smallest absolute Gasteiger partial charge is 0.201 e. The number of aromatic hydroxyl groups is 2. The molecule has 0 saturated carbocycles. The van der Waals surface area contributed by atoms with Crippen LogP contribution in [0, 0.1) is 0 Å². The van der Waals surface area contributed by atoms with E-state index in [0.29, 0.717) is 0 Å². The summed E-state index contributed by atoms with van der Waals surface area (Å²) in [6.07, 6.45) is -0.309. The Morgan fingerprint density at radius 3 is 2.57 bits per heavy atom. The zero-order chi connectivity index (χ0) is 15.0. The number of carbonyl (C=O) groups is 1. The number of benzene rings is 2. The molecule has 1 atom stereocenters. The number of carbonyl (C=O) groups excluding carboxylic acids is 1. The molecule has 3 rings (SSSR count). The highest BCUT2D eigenvalue weighted by atomic mass is 16.5. The molecule has 0 spiro atoms. The molecule has 108 valence electrons. The topological polar surface area (TPSA) is 76.0 Å². The van der Waals surface area contributed by atoms with Gasteiger partial charge in [0.15, 0.2) is 17.3 Å². The van der Waals surface area contributed by atoms with Crippen LogP contribution in [-0.2, 0) is 0 Å². The predicted octanol–water partition coefficient (Wildman–Crippen LogP) is 2.81. The van der Waals surface area contributed by atoms with E-state index in [2.05, 4.69) is 0 Å². The lowest BCUT2D eigenvalue weighted by atomic mass is 9.95. The van der Waals surface area contributed by atoms with E-state index < -0.39 is 17.6 Å². The van der Waals surface area contributed by atoms with E-state index in [9.17, 15) is 15.0 Å². The van der Waals surface area contributed by atoms with Gasteiger partial charge in [0.2, 0.25) is 5.75 Å². The van der Waals surface area contributed by atoms with Crippen LogP contribution < -0.4 is 9.47 Å². The molecule has 0 fully saturated rings. The normalized spacial score (nSPS) is 17.0. The van der Waals surface area contributed by atoms with Crippen molar-refractivity contribution in [1.82, 2.24) is 0 Å². The standard InChI is InChI=1S/C16H14O5/c1-20-13-8-12-14(16(19)15(13)18)10(17)7-11(21-12)9-5-3-2-4-6-9/h2-6,8,11,18-19H,7H2,1H3/t11-/m0/s1. The van der Waals surface area contributed by atoms with Crippen LogP contribution in [-0.4, -0.2) is 23.1 Å². The maximum absolute atomic E-state index is 12.3. The third-order valence-electron chi connectivity index (χ3n) is 3.51. The first-order valence-corrected chi connectivity index (χ1v) is 6.49. The number of rotatable bonds is 2. The number of hydrogen-bond acceptors (Lipinski definition) is 5. The van der Waals surface area contributed by atoms with Gasteiger partial charge in [-0.1, -0.05) is 30.3 Å². The fourth-order valence-corrected chi connectivity index (χ4v) is 2.45. The fraction of sp³-hybridized carbons (Fsp3) is 0.188. The van der Waals surface area contributed by atoms with Gasteiger partial charge in [-0.2, -0.15) is 0 Å². The van der Waals surface area contributed by atoms with Crippen molar-refractivity contribution in [1.29, 1.82) is 0 Å². The van der Waals surface area contributed by atoms with Gasteiger partial charge in [-0.05, 0) is 5.56 Å². The SMILES string of the molecule is COc1cc2c(c(O)c1O)C(=O)C[C@@H](c1ccccc1)O2. The molecule has 0 amide bonds. The van der Waals surface area contributed by atoms with E-state index in [1.165, 1.54) is 13.2 Å². The van der Waals surface area contributed by atoms with Crippen molar-refractivity contribution in [2.75, 3.05) is 7.11 Å². The van der Waals surface area contributed by atoms with E-state index in [1.807, 2.05) is 30.3 Å². The summed E-state index contributed by atoms with van der Waals surface area (Å²) in [5.41, 5.74) is 0.878. The molecule has 0 saturated heterocycles. The number of Topliss-reactive ketones (excluding diaryl/α,β-unsaturated/α-hetero) is 1. The van der Waals surface area contributed by atoms with Gasteiger partial charge in [-0.3, -0.25) is 4.79 Å². The molecular weight excluding hydrogens is 272 g/mol. The van der Waals surface area contributed by atoms with Crippen LogP contribution in [0.25, 0.3) is 0 Å². The lowest BCUT2D eigenvalue weighted by Gasteiger charge is -2.26. The van der Waals surface area contributed by atoms with Crippen molar-refractivity contribution in [2.24, 2.45) is 0 Å². The Labute approximate surface area is 121 Å². The molecule has 0 bridgehead atoms. The van der Waals surface area contributed by atoms with E-state index in [1.54, 1.807) is 0 Å². The lowest BCUT2D eigenvalue weighted by Crippen LogP contribution is -2.20. The minimum absolute atomic E-state index is 0.000445. The largest absolute Gasteiger partial charge is 0.504 e. The molecule has 2 aromatic carbocycles. The first-order valence-electron chi connectivity index (χ1n) is 6.49. The second-order valence-corrected chi connectivity index (χ2v) is 4.79. The molecule has 5 nitrogen and oxygen atoms in total. The zero-order valence-corrected chi connectivity index (χ0v) is 11.4. The number of fused-ring (bicyclic) bond motifs is 1. The number of methoxy groups -OCH3 is 1. The molecule has 1 aliphatic heterocycles. The molecule has 0 radical (unpaired) electrons. The highest BCUT2D eigenvalue weighted by molar-refractivity contribution is 6.03. The first kappa shape index (κ1) is 13.3. The zero-order valence-electron chi connectivity index (χ0n) is 11.4. The first-order chi connectivity index (χ1) is 10.1. The van der Waals surface area contributed by atoms with Gasteiger partial charge in [0, 0.05) is 6.07 Å². The van der Waals surface area contributed by atoms with Gasteiger partial charge >= 0.3 is 0 Å². The summed E-state index contributed by atoms with van der Waals surface area (Å²) in [5.74, 6) is -0.951. The van der Waals surface area contributed by atoms with E-state index in [0.717, 1.165) is 5.56 Å². The summed E-state index contributed by atoms with van der Waals surface area (Å²) in [6.45, 7) is 0. The summed E-state index contributed by atoms with van der Waals surface area (Å²) in [6, 6.07) is 10.8. The highest BCUT2D eigenvalue weighted by Crippen LogP contribution is 2.47. The van der Waals surface area contributed by atoms with Crippen molar-refractivity contribution in [3.8, 4) is 23.0 Å². The van der Waals surface area contributed by atoms with Gasteiger partial charge < -0.3 is 19.7 Å². The molecule has 21 heavy (non-hydrogen) atoms. The number of hydrogen-bond donors (Lipinski definition) is 2. The van der Waals surface area contributed by atoms with E-state index >= 15 is 0 Å². The van der Waals surface area contributed by atoms with Crippen molar-refractivity contribution < 1.29 is 24.5 Å². The predicted molar refractivity (Wildman–Crippen MR) is 75.1 cm³/mol. The van der Waals surface area contributed by atoms with Gasteiger partial charge in [0.1, 0.15) is 17.4 Å². The fourth-order valence-electron chi connectivity index (χ4n) is 2.45. The van der Waals surface area contributed by atoms with Crippen molar-refractivity contribution in [3.05, 3.63) is 47.5 Å². The van der Waals surface area contributed by atoms with Crippen LogP contribution in [0.1, 0.15) is 28.4 Å². The Bertz CT molecular complexity index is 694. The molecule has 1 heterocycles. The number of ether oxygens (including phenoxy) is 2. The molecule has 2 aromatic rings. The van der Waals surface area contributed by atoms with Crippen molar-refractivity contribution in [3.63, 3.8) is 0 Å². The average molecular weight is 286 g/mol. The second-order valence-electron chi connectivity index (χ2n) is 4.79. The van der Waals surface area contributed by atoms with Crippen LogP contribution >= 0.6 is 0 Å². The quantitative estimate of drug-likeness (QED) is 0.830. The van der Waals surface area contributed by atoms with E-state index in [-0.39, 0.29) is 29.3 Å². The van der Waals surface area contributed by atoms with E-state index in [4.69, 9.17) is 9.47 Å². The minimum Gasteiger partial charge on any atom is -0.504 e. The molecule has 0 aromatic heterocycles. The molecular formula is C16H14O5. The molecule has 0 aliphatic carbocycles. The van der Waals surface area contributed by atoms with Crippen LogP contribution in [0.4, 0.5) is 0 Å². The molecule has 5 heteroatoms. The van der Waals surface area contributed by atoms with Crippen molar-refractivity contribution >= 4 is 5.78 Å². The summed E-state index contributed by atoms with van der Waals surface area (Å²) in [4.78, 5) is 12.3. The lowest BCUT2D eigenvalue weighted by molar-refractivity contribution is 0.0843. The molecule has 2 N–H and O–H groups in total. The maximum Gasteiger partial charge on any atom is 0.201 e. The Morgan fingerprint density at radius 2 is 1.90 bits per heavy atom. The summed E-state index contributed by atoms with van der Waals surface area (Å²) < 4.78 is 10.8. The Balaban J connectivity index is 2.06. The summed E-state index contributed by atoms with van der Waals surface area (Å²) in [7, 11) is 1.36. The number of phenols is 2. The summed E-state index contributed by atoms with van der Waals surface area (Å²) in [5, 5.41) is 19.7. The van der Waals surface area contributed by atoms with Crippen molar-refractivity contribution in [2.45, 2.75) is 12.5 Å². The van der Waals surface area contributed by atoms with Crippen LogP contribution in [0.5, 0.6) is 23.0 Å². The Morgan fingerprint density at radius 1 is 1.19 bits per heavy atom. The Kier molecular flexibility index (Phi) is 3.17. The number of ketones is 1. The molecule has 0 unspecified atom stereocenters.